The van der Waals surface area contributed by atoms with Crippen molar-refractivity contribution in [2.24, 2.45) is 5.41 Å². The number of alkyl halides is 1. The Hall–Kier alpha value is -1.07. The lowest BCUT2D eigenvalue weighted by Crippen LogP contribution is -2.40. The molecule has 0 fully saturated rings. The fourth-order valence-corrected chi connectivity index (χ4v) is 1.81. The molecule has 20 heavy (non-hydrogen) atoms. The van der Waals surface area contributed by atoms with Gasteiger partial charge in [-0.1, -0.05) is 48.8 Å². The molecule has 1 amide bonds. The number of carbonyl (C=O) groups is 1. The molecule has 0 radical (unpaired) electrons. The zero-order valence-corrected chi connectivity index (χ0v) is 13.9. The topological polar surface area (TPSA) is 58.6 Å². The third-order valence-electron chi connectivity index (χ3n) is 2.94. The summed E-state index contributed by atoms with van der Waals surface area (Å²) in [5.41, 5.74) is 0.539. The standard InChI is InChI=1S/C15H22BrNO3/c1-15(2,3)13(16)14(19)17-9-12(18)10-6-5-7-11(8-10)20-4/h5-8,12-13,18H,9H2,1-4H3,(H,17,19)/t12-,13+/m0/s1. The lowest BCUT2D eigenvalue weighted by atomic mass is 9.91. The van der Waals surface area contributed by atoms with E-state index in [1.54, 1.807) is 19.2 Å². The molecule has 0 saturated heterocycles. The van der Waals surface area contributed by atoms with Crippen LogP contribution in [-0.2, 0) is 4.79 Å². The summed E-state index contributed by atoms with van der Waals surface area (Å²) >= 11 is 3.38. The first-order valence-corrected chi connectivity index (χ1v) is 7.41. The molecular weight excluding hydrogens is 322 g/mol. The highest BCUT2D eigenvalue weighted by atomic mass is 79.9. The second-order valence-corrected chi connectivity index (χ2v) is 6.68. The second-order valence-electron chi connectivity index (χ2n) is 5.77. The van der Waals surface area contributed by atoms with Crippen LogP contribution in [0.15, 0.2) is 24.3 Å². The first-order chi connectivity index (χ1) is 9.25. The summed E-state index contributed by atoms with van der Waals surface area (Å²) in [6.45, 7) is 6.10. The minimum atomic E-state index is -0.756. The molecule has 1 aromatic carbocycles. The third-order valence-corrected chi connectivity index (χ3v) is 4.73. The minimum Gasteiger partial charge on any atom is -0.497 e. The predicted octanol–water partition coefficient (Wildman–Crippen LogP) is 2.65. The molecule has 0 unspecified atom stereocenters. The van der Waals surface area contributed by atoms with Gasteiger partial charge < -0.3 is 15.2 Å². The van der Waals surface area contributed by atoms with E-state index in [9.17, 15) is 9.90 Å². The average Bonchev–Trinajstić information content (AvgIpc) is 2.42. The van der Waals surface area contributed by atoms with Gasteiger partial charge in [-0.3, -0.25) is 4.79 Å². The van der Waals surface area contributed by atoms with E-state index in [-0.39, 0.29) is 22.7 Å². The van der Waals surface area contributed by atoms with Crippen LogP contribution in [0.25, 0.3) is 0 Å². The van der Waals surface area contributed by atoms with Gasteiger partial charge in [-0.2, -0.15) is 0 Å². The van der Waals surface area contributed by atoms with Crippen LogP contribution in [0, 0.1) is 5.41 Å². The van der Waals surface area contributed by atoms with Crippen LogP contribution in [0.2, 0.25) is 0 Å². The summed E-state index contributed by atoms with van der Waals surface area (Å²) in [6.07, 6.45) is -0.756. The fraction of sp³-hybridized carbons (Fsp3) is 0.533. The Morgan fingerprint density at radius 2 is 2.10 bits per heavy atom. The largest absolute Gasteiger partial charge is 0.497 e. The second kappa shape index (κ2) is 7.09. The first kappa shape index (κ1) is 17.0. The molecule has 0 spiro atoms. The molecule has 2 atom stereocenters. The summed E-state index contributed by atoms with van der Waals surface area (Å²) in [5, 5.41) is 12.8. The van der Waals surface area contributed by atoms with Crippen LogP contribution >= 0.6 is 15.9 Å². The Balaban J connectivity index is 2.59. The summed E-state index contributed by atoms with van der Waals surface area (Å²) in [6, 6.07) is 7.17. The molecule has 1 rings (SSSR count). The number of amides is 1. The number of methoxy groups -OCH3 is 1. The van der Waals surface area contributed by atoms with E-state index in [0.717, 1.165) is 0 Å². The molecule has 2 N–H and O–H groups in total. The number of aliphatic hydroxyl groups is 1. The van der Waals surface area contributed by atoms with Gasteiger partial charge in [0, 0.05) is 6.54 Å². The molecule has 0 heterocycles. The molecular formula is C15H22BrNO3. The summed E-state index contributed by atoms with van der Waals surface area (Å²) in [7, 11) is 1.58. The van der Waals surface area contributed by atoms with Crippen LogP contribution in [-0.4, -0.2) is 29.5 Å². The smallest absolute Gasteiger partial charge is 0.234 e. The van der Waals surface area contributed by atoms with E-state index >= 15 is 0 Å². The number of ether oxygens (including phenoxy) is 1. The fourth-order valence-electron chi connectivity index (χ4n) is 1.65. The summed E-state index contributed by atoms with van der Waals surface area (Å²) < 4.78 is 5.11. The Kier molecular flexibility index (Phi) is 6.02. The van der Waals surface area contributed by atoms with Crippen LogP contribution in [0.5, 0.6) is 5.75 Å². The normalized spacial score (nSPS) is 14.5. The third kappa shape index (κ3) is 4.80. The van der Waals surface area contributed by atoms with E-state index in [2.05, 4.69) is 21.2 Å². The maximum absolute atomic E-state index is 12.0. The van der Waals surface area contributed by atoms with Crippen molar-refractivity contribution in [1.82, 2.24) is 5.32 Å². The van der Waals surface area contributed by atoms with Crippen LogP contribution in [0.1, 0.15) is 32.4 Å². The van der Waals surface area contributed by atoms with E-state index in [1.165, 1.54) is 0 Å². The Morgan fingerprint density at radius 3 is 2.65 bits per heavy atom. The SMILES string of the molecule is COc1cccc([C@@H](O)CNC(=O)[C@@H](Br)C(C)(C)C)c1. The van der Waals surface area contributed by atoms with Gasteiger partial charge in [-0.25, -0.2) is 0 Å². The van der Waals surface area contributed by atoms with Crippen LogP contribution in [0.4, 0.5) is 0 Å². The monoisotopic (exact) mass is 343 g/mol. The van der Waals surface area contributed by atoms with E-state index in [0.29, 0.717) is 11.3 Å². The van der Waals surface area contributed by atoms with Gasteiger partial charge >= 0.3 is 0 Å². The number of nitrogens with one attached hydrogen (secondary N) is 1. The number of halogens is 1. The van der Waals surface area contributed by atoms with Crippen molar-refractivity contribution in [3.63, 3.8) is 0 Å². The molecule has 0 aliphatic carbocycles. The Bertz CT molecular complexity index is 457. The van der Waals surface area contributed by atoms with Gasteiger partial charge in [0.1, 0.15) is 5.75 Å². The number of carbonyl (C=O) groups excluding carboxylic acids is 1. The molecule has 0 aliphatic rings. The zero-order chi connectivity index (χ0) is 15.3. The van der Waals surface area contributed by atoms with Crippen molar-refractivity contribution in [3.05, 3.63) is 29.8 Å². The zero-order valence-electron chi connectivity index (χ0n) is 12.3. The van der Waals surface area contributed by atoms with Gasteiger partial charge in [0.05, 0.1) is 18.0 Å². The Morgan fingerprint density at radius 1 is 1.45 bits per heavy atom. The molecule has 4 nitrogen and oxygen atoms in total. The van der Waals surface area contributed by atoms with Gasteiger partial charge in [0.2, 0.25) is 5.91 Å². The van der Waals surface area contributed by atoms with Crippen molar-refractivity contribution < 1.29 is 14.6 Å². The maximum atomic E-state index is 12.0. The highest BCUT2D eigenvalue weighted by Gasteiger charge is 2.28. The molecule has 0 saturated carbocycles. The molecule has 112 valence electrons. The van der Waals surface area contributed by atoms with Crippen molar-refractivity contribution in [2.75, 3.05) is 13.7 Å². The summed E-state index contributed by atoms with van der Waals surface area (Å²) in [5.74, 6) is 0.556. The predicted molar refractivity (Wildman–Crippen MR) is 83.1 cm³/mol. The average molecular weight is 344 g/mol. The van der Waals surface area contributed by atoms with Crippen LogP contribution < -0.4 is 10.1 Å². The summed E-state index contributed by atoms with van der Waals surface area (Å²) in [4.78, 5) is 11.7. The number of hydrogen-bond donors (Lipinski definition) is 2. The number of benzene rings is 1. The van der Waals surface area contributed by atoms with Gasteiger partial charge in [-0.05, 0) is 23.1 Å². The van der Waals surface area contributed by atoms with E-state index < -0.39 is 6.10 Å². The molecule has 5 heteroatoms. The number of hydrogen-bond acceptors (Lipinski definition) is 3. The highest BCUT2D eigenvalue weighted by Crippen LogP contribution is 2.26. The number of aliphatic hydroxyl groups excluding tert-OH is 1. The van der Waals surface area contributed by atoms with Crippen molar-refractivity contribution >= 4 is 21.8 Å². The van der Waals surface area contributed by atoms with E-state index in [1.807, 2.05) is 32.9 Å². The lowest BCUT2D eigenvalue weighted by Gasteiger charge is -2.25. The molecule has 1 aromatic rings. The molecule has 0 aliphatic heterocycles. The van der Waals surface area contributed by atoms with Gasteiger partial charge in [-0.15, -0.1) is 0 Å². The van der Waals surface area contributed by atoms with Crippen LogP contribution in [0.3, 0.4) is 0 Å². The number of rotatable bonds is 5. The van der Waals surface area contributed by atoms with Crippen molar-refractivity contribution in [3.8, 4) is 5.75 Å². The van der Waals surface area contributed by atoms with Gasteiger partial charge in [0.25, 0.3) is 0 Å². The maximum Gasteiger partial charge on any atom is 0.234 e. The van der Waals surface area contributed by atoms with E-state index in [4.69, 9.17) is 4.74 Å². The minimum absolute atomic E-state index is 0.126. The quantitative estimate of drug-likeness (QED) is 0.808. The highest BCUT2D eigenvalue weighted by molar-refractivity contribution is 9.10. The first-order valence-electron chi connectivity index (χ1n) is 6.49. The molecule has 0 aromatic heterocycles. The lowest BCUT2D eigenvalue weighted by molar-refractivity contribution is -0.122. The Labute approximate surface area is 128 Å². The van der Waals surface area contributed by atoms with Crippen molar-refractivity contribution in [1.29, 1.82) is 0 Å². The van der Waals surface area contributed by atoms with Crippen molar-refractivity contribution in [2.45, 2.75) is 31.7 Å². The molecule has 0 bridgehead atoms. The van der Waals surface area contributed by atoms with Gasteiger partial charge in [0.15, 0.2) is 0 Å².